The van der Waals surface area contributed by atoms with Gasteiger partial charge in [0.15, 0.2) is 5.11 Å². The molecule has 1 aromatic carbocycles. The van der Waals surface area contributed by atoms with Crippen LogP contribution in [0.1, 0.15) is 31.7 Å². The molecular weight excluding hydrogens is 260 g/mol. The Hall–Kier alpha value is -1.00. The third-order valence-corrected chi connectivity index (χ3v) is 3.75. The van der Waals surface area contributed by atoms with E-state index in [2.05, 4.69) is 41.4 Å². The number of aryl methyl sites for hydroxylation is 1. The Labute approximate surface area is 119 Å². The number of nitrogens with zero attached hydrogens (tertiary/aromatic N) is 1. The van der Waals surface area contributed by atoms with Crippen LogP contribution in [0.25, 0.3) is 0 Å². The lowest BCUT2D eigenvalue weighted by molar-refractivity contribution is 0.795. The average Bonchev–Trinajstić information content (AvgIpc) is 2.37. The summed E-state index contributed by atoms with van der Waals surface area (Å²) >= 11 is 10.4. The van der Waals surface area contributed by atoms with E-state index >= 15 is 0 Å². The standard InChI is InChI=1S/C14H18N2S2/c1-2-3-4-11-5-7-12(8-6-11)16-10-9-13(17)15-14(16)18/h5-8H,2-4,9-10H2,1H3,(H,15,17,18). The fraction of sp³-hybridized carbons (Fsp3) is 0.429. The zero-order chi connectivity index (χ0) is 13.0. The molecule has 0 saturated carbocycles. The first-order chi connectivity index (χ1) is 8.70. The van der Waals surface area contributed by atoms with Gasteiger partial charge in [0.05, 0.1) is 4.99 Å². The number of hydrogen-bond donors (Lipinski definition) is 1. The van der Waals surface area contributed by atoms with Gasteiger partial charge >= 0.3 is 0 Å². The molecule has 1 aromatic rings. The van der Waals surface area contributed by atoms with Gasteiger partial charge in [0.2, 0.25) is 0 Å². The summed E-state index contributed by atoms with van der Waals surface area (Å²) in [7, 11) is 0. The van der Waals surface area contributed by atoms with Crippen molar-refractivity contribution in [3.05, 3.63) is 29.8 Å². The average molecular weight is 278 g/mol. The van der Waals surface area contributed by atoms with E-state index in [1.54, 1.807) is 0 Å². The van der Waals surface area contributed by atoms with Crippen LogP contribution in [0.15, 0.2) is 24.3 Å². The van der Waals surface area contributed by atoms with E-state index < -0.39 is 0 Å². The SMILES string of the molecule is CCCCc1ccc(N2CCC(=S)NC2=S)cc1. The normalized spacial score (nSPS) is 15.7. The van der Waals surface area contributed by atoms with Crippen LogP contribution in [0.3, 0.4) is 0 Å². The molecule has 1 heterocycles. The van der Waals surface area contributed by atoms with Crippen molar-refractivity contribution in [1.29, 1.82) is 0 Å². The molecule has 1 N–H and O–H groups in total. The van der Waals surface area contributed by atoms with Gasteiger partial charge in [0.25, 0.3) is 0 Å². The van der Waals surface area contributed by atoms with Gasteiger partial charge in [0, 0.05) is 18.7 Å². The number of thiocarbonyl (C=S) groups is 2. The minimum Gasteiger partial charge on any atom is -0.327 e. The molecule has 96 valence electrons. The highest BCUT2D eigenvalue weighted by Crippen LogP contribution is 2.19. The lowest BCUT2D eigenvalue weighted by Crippen LogP contribution is -2.48. The van der Waals surface area contributed by atoms with E-state index in [0.717, 1.165) is 30.1 Å². The smallest absolute Gasteiger partial charge is 0.178 e. The number of unbranched alkanes of at least 4 members (excludes halogenated alkanes) is 1. The van der Waals surface area contributed by atoms with E-state index in [4.69, 9.17) is 24.4 Å². The van der Waals surface area contributed by atoms with Gasteiger partial charge in [-0.2, -0.15) is 0 Å². The third-order valence-electron chi connectivity index (χ3n) is 3.12. The molecule has 18 heavy (non-hydrogen) atoms. The summed E-state index contributed by atoms with van der Waals surface area (Å²) in [6.45, 7) is 3.09. The second-order valence-corrected chi connectivity index (χ2v) is 5.40. The topological polar surface area (TPSA) is 15.3 Å². The molecule has 1 fully saturated rings. The van der Waals surface area contributed by atoms with Gasteiger partial charge in [-0.1, -0.05) is 37.7 Å². The van der Waals surface area contributed by atoms with Crippen molar-refractivity contribution in [2.24, 2.45) is 0 Å². The summed E-state index contributed by atoms with van der Waals surface area (Å²) in [6.07, 6.45) is 4.51. The molecule has 0 spiro atoms. The zero-order valence-electron chi connectivity index (χ0n) is 10.6. The van der Waals surface area contributed by atoms with Crippen LogP contribution in [0, 0.1) is 0 Å². The molecule has 0 aliphatic carbocycles. The molecule has 1 aliphatic heterocycles. The quantitative estimate of drug-likeness (QED) is 0.848. The minimum atomic E-state index is 0.715. The Kier molecular flexibility index (Phi) is 4.66. The summed E-state index contributed by atoms with van der Waals surface area (Å²) < 4.78 is 0. The Morgan fingerprint density at radius 1 is 1.22 bits per heavy atom. The van der Waals surface area contributed by atoms with Crippen LogP contribution in [0.5, 0.6) is 0 Å². The number of nitrogens with one attached hydrogen (secondary N) is 1. The maximum Gasteiger partial charge on any atom is 0.178 e. The second kappa shape index (κ2) is 6.25. The molecule has 0 amide bonds. The van der Waals surface area contributed by atoms with E-state index in [1.165, 1.54) is 18.4 Å². The first-order valence-corrected chi connectivity index (χ1v) is 7.22. The minimum absolute atomic E-state index is 0.715. The van der Waals surface area contributed by atoms with Gasteiger partial charge in [-0.3, -0.25) is 0 Å². The number of rotatable bonds is 4. The number of anilines is 1. The van der Waals surface area contributed by atoms with Gasteiger partial charge in [-0.25, -0.2) is 0 Å². The second-order valence-electron chi connectivity index (χ2n) is 4.52. The van der Waals surface area contributed by atoms with Crippen LogP contribution in [0.4, 0.5) is 5.69 Å². The third kappa shape index (κ3) is 3.27. The van der Waals surface area contributed by atoms with Crippen molar-refractivity contribution < 1.29 is 0 Å². The molecule has 2 rings (SSSR count). The Morgan fingerprint density at radius 3 is 2.56 bits per heavy atom. The van der Waals surface area contributed by atoms with Crippen molar-refractivity contribution in [2.45, 2.75) is 32.6 Å². The van der Waals surface area contributed by atoms with Crippen LogP contribution in [0.2, 0.25) is 0 Å². The maximum atomic E-state index is 5.32. The fourth-order valence-electron chi connectivity index (χ4n) is 2.03. The molecular formula is C14H18N2S2. The van der Waals surface area contributed by atoms with Crippen molar-refractivity contribution in [3.63, 3.8) is 0 Å². The number of hydrogen-bond acceptors (Lipinski definition) is 2. The zero-order valence-corrected chi connectivity index (χ0v) is 12.2. The van der Waals surface area contributed by atoms with E-state index in [9.17, 15) is 0 Å². The summed E-state index contributed by atoms with van der Waals surface area (Å²) in [5, 5.41) is 3.78. The van der Waals surface area contributed by atoms with Gasteiger partial charge in [0.1, 0.15) is 0 Å². The molecule has 0 atom stereocenters. The highest BCUT2D eigenvalue weighted by molar-refractivity contribution is 7.82. The summed E-state index contributed by atoms with van der Waals surface area (Å²) in [5.41, 5.74) is 2.54. The summed E-state index contributed by atoms with van der Waals surface area (Å²) in [4.78, 5) is 2.95. The van der Waals surface area contributed by atoms with Crippen molar-refractivity contribution in [1.82, 2.24) is 5.32 Å². The first-order valence-electron chi connectivity index (χ1n) is 6.41. The predicted octanol–water partition coefficient (Wildman–Crippen LogP) is 3.44. The van der Waals surface area contributed by atoms with Crippen molar-refractivity contribution >= 4 is 40.2 Å². The van der Waals surface area contributed by atoms with Gasteiger partial charge < -0.3 is 10.2 Å². The first kappa shape index (κ1) is 13.4. The monoisotopic (exact) mass is 278 g/mol. The van der Waals surface area contributed by atoms with Crippen LogP contribution >= 0.6 is 24.4 Å². The molecule has 1 aliphatic rings. The lowest BCUT2D eigenvalue weighted by Gasteiger charge is -2.30. The van der Waals surface area contributed by atoms with E-state index in [0.29, 0.717) is 5.11 Å². The maximum absolute atomic E-state index is 5.32. The summed E-state index contributed by atoms with van der Waals surface area (Å²) in [5.74, 6) is 0. The molecule has 4 heteroatoms. The molecule has 0 unspecified atom stereocenters. The molecule has 0 aromatic heterocycles. The van der Waals surface area contributed by atoms with E-state index in [1.807, 2.05) is 0 Å². The van der Waals surface area contributed by atoms with Crippen LogP contribution in [-0.4, -0.2) is 16.6 Å². The predicted molar refractivity (Wildman–Crippen MR) is 85.3 cm³/mol. The van der Waals surface area contributed by atoms with Gasteiger partial charge in [-0.15, -0.1) is 0 Å². The van der Waals surface area contributed by atoms with Crippen LogP contribution in [-0.2, 0) is 6.42 Å². The molecule has 0 bridgehead atoms. The number of benzene rings is 1. The highest BCUT2D eigenvalue weighted by Gasteiger charge is 2.18. The molecule has 2 nitrogen and oxygen atoms in total. The molecule has 1 saturated heterocycles. The Bertz CT molecular complexity index is 440. The Balaban J connectivity index is 2.05. The van der Waals surface area contributed by atoms with E-state index in [-0.39, 0.29) is 0 Å². The lowest BCUT2D eigenvalue weighted by atomic mass is 10.1. The van der Waals surface area contributed by atoms with Crippen LogP contribution < -0.4 is 10.2 Å². The summed E-state index contributed by atoms with van der Waals surface area (Å²) in [6, 6.07) is 8.68. The molecule has 0 radical (unpaired) electrons. The van der Waals surface area contributed by atoms with Gasteiger partial charge in [-0.05, 0) is 42.8 Å². The van der Waals surface area contributed by atoms with Crippen molar-refractivity contribution in [2.75, 3.05) is 11.4 Å². The Morgan fingerprint density at radius 2 is 1.94 bits per heavy atom. The van der Waals surface area contributed by atoms with Crippen molar-refractivity contribution in [3.8, 4) is 0 Å². The fourth-order valence-corrected chi connectivity index (χ4v) is 2.61. The highest BCUT2D eigenvalue weighted by atomic mass is 32.1. The largest absolute Gasteiger partial charge is 0.327 e.